The number of nitrogens with two attached hydrogens (primary N) is 2. The first-order valence-corrected chi connectivity index (χ1v) is 5.25. The Morgan fingerprint density at radius 3 is 2.17 bits per heavy atom. The third kappa shape index (κ3) is 6.62. The fourth-order valence-electron chi connectivity index (χ4n) is 1.47. The van der Waals surface area contributed by atoms with E-state index in [2.05, 4.69) is 6.92 Å². The van der Waals surface area contributed by atoms with Gasteiger partial charge in [0.2, 0.25) is 0 Å². The number of hydrogen-bond acceptors (Lipinski definition) is 2. The SMILES string of the molecule is CCCCCC(CN)CCCN. The van der Waals surface area contributed by atoms with Crippen LogP contribution in [-0.4, -0.2) is 13.1 Å². The van der Waals surface area contributed by atoms with Crippen LogP contribution in [-0.2, 0) is 0 Å². The van der Waals surface area contributed by atoms with Gasteiger partial charge in [0.1, 0.15) is 0 Å². The molecule has 74 valence electrons. The van der Waals surface area contributed by atoms with Crippen LogP contribution in [0.15, 0.2) is 0 Å². The minimum atomic E-state index is 0.722. The van der Waals surface area contributed by atoms with Crippen LogP contribution in [0.3, 0.4) is 0 Å². The lowest BCUT2D eigenvalue weighted by molar-refractivity contribution is 0.428. The van der Waals surface area contributed by atoms with Crippen LogP contribution < -0.4 is 11.5 Å². The Morgan fingerprint density at radius 1 is 1.00 bits per heavy atom. The zero-order chi connectivity index (χ0) is 9.23. The summed E-state index contributed by atoms with van der Waals surface area (Å²) in [5.74, 6) is 0.722. The van der Waals surface area contributed by atoms with E-state index in [-0.39, 0.29) is 0 Å². The van der Waals surface area contributed by atoms with Gasteiger partial charge < -0.3 is 11.5 Å². The molecule has 12 heavy (non-hydrogen) atoms. The predicted molar refractivity (Wildman–Crippen MR) is 55.0 cm³/mol. The van der Waals surface area contributed by atoms with Crippen LogP contribution in [0.2, 0.25) is 0 Å². The maximum Gasteiger partial charge on any atom is -0.00489 e. The van der Waals surface area contributed by atoms with Gasteiger partial charge in [-0.05, 0) is 38.3 Å². The van der Waals surface area contributed by atoms with Gasteiger partial charge >= 0.3 is 0 Å². The second kappa shape index (κ2) is 9.01. The molecule has 0 aromatic rings. The predicted octanol–water partition coefficient (Wildman–Crippen LogP) is 1.88. The van der Waals surface area contributed by atoms with Crippen molar-refractivity contribution in [1.82, 2.24) is 0 Å². The van der Waals surface area contributed by atoms with E-state index < -0.39 is 0 Å². The second-order valence-electron chi connectivity index (χ2n) is 3.53. The van der Waals surface area contributed by atoms with E-state index in [1.54, 1.807) is 0 Å². The molecule has 0 spiro atoms. The Labute approximate surface area is 76.7 Å². The Kier molecular flexibility index (Phi) is 8.95. The highest BCUT2D eigenvalue weighted by Crippen LogP contribution is 2.13. The van der Waals surface area contributed by atoms with E-state index in [0.717, 1.165) is 25.4 Å². The highest BCUT2D eigenvalue weighted by Gasteiger charge is 2.04. The van der Waals surface area contributed by atoms with Gasteiger partial charge in [-0.3, -0.25) is 0 Å². The molecule has 0 aromatic carbocycles. The molecule has 2 nitrogen and oxygen atoms in total. The third-order valence-electron chi connectivity index (χ3n) is 2.37. The highest BCUT2D eigenvalue weighted by molar-refractivity contribution is 4.60. The van der Waals surface area contributed by atoms with Crippen LogP contribution in [0.5, 0.6) is 0 Å². The maximum absolute atomic E-state index is 5.65. The molecule has 0 aliphatic carbocycles. The topological polar surface area (TPSA) is 52.0 Å². The fourth-order valence-corrected chi connectivity index (χ4v) is 1.47. The molecule has 1 atom stereocenters. The van der Waals surface area contributed by atoms with Gasteiger partial charge in [0.05, 0.1) is 0 Å². The standard InChI is InChI=1S/C10H24N2/c1-2-3-4-6-10(9-12)7-5-8-11/h10H,2-9,11-12H2,1H3. The molecule has 0 bridgehead atoms. The van der Waals surface area contributed by atoms with Crippen LogP contribution in [0.4, 0.5) is 0 Å². The van der Waals surface area contributed by atoms with Crippen LogP contribution in [0.25, 0.3) is 0 Å². The number of rotatable bonds is 8. The summed E-state index contributed by atoms with van der Waals surface area (Å²) >= 11 is 0. The Hall–Kier alpha value is -0.0800. The van der Waals surface area contributed by atoms with E-state index in [0.29, 0.717) is 0 Å². The molecule has 0 saturated carbocycles. The van der Waals surface area contributed by atoms with Crippen LogP contribution in [0.1, 0.15) is 45.4 Å². The zero-order valence-corrected chi connectivity index (χ0v) is 8.39. The first-order valence-electron chi connectivity index (χ1n) is 5.25. The van der Waals surface area contributed by atoms with E-state index in [1.807, 2.05) is 0 Å². The fraction of sp³-hybridized carbons (Fsp3) is 1.00. The van der Waals surface area contributed by atoms with Gasteiger partial charge in [0, 0.05) is 0 Å². The van der Waals surface area contributed by atoms with E-state index in [1.165, 1.54) is 32.1 Å². The zero-order valence-electron chi connectivity index (χ0n) is 8.39. The lowest BCUT2D eigenvalue weighted by Crippen LogP contribution is -2.15. The normalized spacial score (nSPS) is 13.2. The average molecular weight is 172 g/mol. The first kappa shape index (κ1) is 11.9. The molecule has 2 heteroatoms. The molecule has 0 amide bonds. The van der Waals surface area contributed by atoms with Crippen molar-refractivity contribution in [1.29, 1.82) is 0 Å². The van der Waals surface area contributed by atoms with Gasteiger partial charge in [-0.1, -0.05) is 26.2 Å². The lowest BCUT2D eigenvalue weighted by atomic mass is 9.96. The van der Waals surface area contributed by atoms with Crippen LogP contribution in [0, 0.1) is 5.92 Å². The van der Waals surface area contributed by atoms with Crippen molar-refractivity contribution >= 4 is 0 Å². The average Bonchev–Trinajstić information content (AvgIpc) is 2.11. The summed E-state index contributed by atoms with van der Waals surface area (Å²) in [5, 5.41) is 0. The summed E-state index contributed by atoms with van der Waals surface area (Å²) in [6.07, 6.45) is 7.63. The quantitative estimate of drug-likeness (QED) is 0.549. The monoisotopic (exact) mass is 172 g/mol. The summed E-state index contributed by atoms with van der Waals surface area (Å²) in [7, 11) is 0. The Balaban J connectivity index is 3.26. The number of hydrogen-bond donors (Lipinski definition) is 2. The molecular weight excluding hydrogens is 148 g/mol. The molecule has 0 aliphatic rings. The van der Waals surface area contributed by atoms with Crippen LogP contribution >= 0.6 is 0 Å². The summed E-state index contributed by atoms with van der Waals surface area (Å²) in [4.78, 5) is 0. The van der Waals surface area contributed by atoms with Crippen molar-refractivity contribution in [2.75, 3.05) is 13.1 Å². The van der Waals surface area contributed by atoms with Gasteiger partial charge in [-0.2, -0.15) is 0 Å². The molecule has 0 heterocycles. The highest BCUT2D eigenvalue weighted by atomic mass is 14.6. The summed E-state index contributed by atoms with van der Waals surface area (Å²) in [5.41, 5.74) is 11.1. The molecule has 1 unspecified atom stereocenters. The van der Waals surface area contributed by atoms with Crippen molar-refractivity contribution in [3.63, 3.8) is 0 Å². The summed E-state index contributed by atoms with van der Waals surface area (Å²) < 4.78 is 0. The van der Waals surface area contributed by atoms with Gasteiger partial charge in [-0.15, -0.1) is 0 Å². The van der Waals surface area contributed by atoms with Gasteiger partial charge in [0.25, 0.3) is 0 Å². The molecule has 0 rings (SSSR count). The third-order valence-corrected chi connectivity index (χ3v) is 2.37. The molecular formula is C10H24N2. The van der Waals surface area contributed by atoms with Gasteiger partial charge in [-0.25, -0.2) is 0 Å². The largest absolute Gasteiger partial charge is 0.330 e. The summed E-state index contributed by atoms with van der Waals surface area (Å²) in [6, 6.07) is 0. The van der Waals surface area contributed by atoms with E-state index in [9.17, 15) is 0 Å². The van der Waals surface area contributed by atoms with Crippen molar-refractivity contribution in [2.24, 2.45) is 17.4 Å². The molecule has 0 aliphatic heterocycles. The number of unbranched alkanes of at least 4 members (excludes halogenated alkanes) is 2. The molecule has 0 fully saturated rings. The minimum absolute atomic E-state index is 0.722. The first-order chi connectivity index (χ1) is 5.85. The van der Waals surface area contributed by atoms with E-state index in [4.69, 9.17) is 11.5 Å². The molecule has 4 N–H and O–H groups in total. The lowest BCUT2D eigenvalue weighted by Gasteiger charge is -2.13. The van der Waals surface area contributed by atoms with E-state index >= 15 is 0 Å². The smallest absolute Gasteiger partial charge is 0.00489 e. The Bertz CT molecular complexity index is 83.9. The summed E-state index contributed by atoms with van der Waals surface area (Å²) in [6.45, 7) is 3.88. The Morgan fingerprint density at radius 2 is 1.67 bits per heavy atom. The second-order valence-corrected chi connectivity index (χ2v) is 3.53. The van der Waals surface area contributed by atoms with Crippen molar-refractivity contribution in [3.8, 4) is 0 Å². The minimum Gasteiger partial charge on any atom is -0.330 e. The molecule has 0 radical (unpaired) electrons. The van der Waals surface area contributed by atoms with Crippen molar-refractivity contribution in [2.45, 2.75) is 45.4 Å². The molecule has 0 saturated heterocycles. The van der Waals surface area contributed by atoms with Crippen molar-refractivity contribution < 1.29 is 0 Å². The van der Waals surface area contributed by atoms with Gasteiger partial charge in [0.15, 0.2) is 0 Å². The van der Waals surface area contributed by atoms with Crippen molar-refractivity contribution in [3.05, 3.63) is 0 Å². The molecule has 0 aromatic heterocycles. The maximum atomic E-state index is 5.65.